The minimum atomic E-state index is -0.666. The van der Waals surface area contributed by atoms with Crippen molar-refractivity contribution < 1.29 is 23.7 Å². The van der Waals surface area contributed by atoms with Crippen LogP contribution in [0.5, 0.6) is 23.0 Å². The summed E-state index contributed by atoms with van der Waals surface area (Å²) in [5.74, 6) is 1.71. The third-order valence-corrected chi connectivity index (χ3v) is 3.98. The highest BCUT2D eigenvalue weighted by Crippen LogP contribution is 2.48. The van der Waals surface area contributed by atoms with Gasteiger partial charge in [0, 0.05) is 0 Å². The van der Waals surface area contributed by atoms with Crippen molar-refractivity contribution in [2.24, 2.45) is 5.41 Å². The molecule has 2 rings (SSSR count). The Bertz CT molecular complexity index is 891. The number of carbonyl (C=O) groups excluding carboxylic acids is 1. The van der Waals surface area contributed by atoms with E-state index in [1.54, 1.807) is 12.1 Å². The first kappa shape index (κ1) is 23.3. The van der Waals surface area contributed by atoms with Crippen LogP contribution in [0, 0.1) is 5.41 Å². The summed E-state index contributed by atoms with van der Waals surface area (Å²) in [6.45, 7) is 16.9. The summed E-state index contributed by atoms with van der Waals surface area (Å²) in [4.78, 5) is 12.7. The van der Waals surface area contributed by atoms with Crippen molar-refractivity contribution in [1.82, 2.24) is 0 Å². The highest BCUT2D eigenvalue weighted by molar-refractivity contribution is 5.88. The van der Waals surface area contributed by atoms with Gasteiger partial charge >= 0.3 is 5.97 Å². The van der Waals surface area contributed by atoms with Crippen LogP contribution >= 0.6 is 0 Å². The van der Waals surface area contributed by atoms with E-state index in [0.717, 1.165) is 0 Å². The number of hydrogen-bond acceptors (Lipinski definition) is 5. The van der Waals surface area contributed by atoms with Crippen molar-refractivity contribution in [2.45, 2.75) is 60.7 Å². The van der Waals surface area contributed by atoms with Crippen LogP contribution in [-0.2, 0) is 4.79 Å². The van der Waals surface area contributed by atoms with Gasteiger partial charge in [-0.1, -0.05) is 18.7 Å². The van der Waals surface area contributed by atoms with Gasteiger partial charge in [0.1, 0.15) is 23.0 Å². The third kappa shape index (κ3) is 5.78. The maximum absolute atomic E-state index is 12.7. The Balaban J connectivity index is 2.80. The maximum Gasteiger partial charge on any atom is 0.316 e. The average molecular weight is 413 g/mol. The lowest BCUT2D eigenvalue weighted by molar-refractivity contribution is -0.142. The fraction of sp³-hybridized carbons (Fsp3) is 0.400. The van der Waals surface area contributed by atoms with E-state index >= 15 is 0 Å². The lowest BCUT2D eigenvalue weighted by Gasteiger charge is -2.23. The quantitative estimate of drug-likeness (QED) is 0.285. The SMILES string of the molecule is C=COc1cccc(OC(C)C)c1-c1c(OC(=O)C(C)(C)C)cccc1OC(C)C. The molecule has 0 bridgehead atoms. The molecule has 0 saturated carbocycles. The molecule has 2 aromatic rings. The Kier molecular flexibility index (Phi) is 7.54. The Morgan fingerprint density at radius 2 is 1.27 bits per heavy atom. The van der Waals surface area contributed by atoms with E-state index in [-0.39, 0.29) is 18.2 Å². The van der Waals surface area contributed by atoms with Gasteiger partial charge in [0.25, 0.3) is 0 Å². The van der Waals surface area contributed by atoms with E-state index in [1.165, 1.54) is 6.26 Å². The molecule has 0 aliphatic heterocycles. The number of hydrogen-bond donors (Lipinski definition) is 0. The molecule has 5 nitrogen and oxygen atoms in total. The summed E-state index contributed by atoms with van der Waals surface area (Å²) >= 11 is 0. The molecule has 0 aliphatic carbocycles. The normalized spacial score (nSPS) is 11.4. The van der Waals surface area contributed by atoms with E-state index in [1.807, 2.05) is 72.7 Å². The summed E-state index contributed by atoms with van der Waals surface area (Å²) in [6.07, 6.45) is 1.20. The lowest BCUT2D eigenvalue weighted by Crippen LogP contribution is -2.26. The monoisotopic (exact) mass is 412 g/mol. The highest BCUT2D eigenvalue weighted by atomic mass is 16.5. The van der Waals surface area contributed by atoms with Crippen LogP contribution in [0.25, 0.3) is 11.1 Å². The zero-order valence-electron chi connectivity index (χ0n) is 18.9. The molecule has 0 saturated heterocycles. The predicted molar refractivity (Wildman–Crippen MR) is 119 cm³/mol. The first-order chi connectivity index (χ1) is 14.0. The van der Waals surface area contributed by atoms with E-state index in [9.17, 15) is 4.79 Å². The second kappa shape index (κ2) is 9.70. The number of carbonyl (C=O) groups is 1. The summed E-state index contributed by atoms with van der Waals surface area (Å²) in [5, 5.41) is 0. The average Bonchev–Trinajstić information content (AvgIpc) is 2.61. The molecule has 0 radical (unpaired) electrons. The fourth-order valence-corrected chi connectivity index (χ4v) is 2.75. The molecule has 0 atom stereocenters. The Hall–Kier alpha value is -2.95. The van der Waals surface area contributed by atoms with Gasteiger partial charge in [-0.3, -0.25) is 4.79 Å². The molecule has 2 aromatic carbocycles. The van der Waals surface area contributed by atoms with Gasteiger partial charge in [-0.15, -0.1) is 0 Å². The number of esters is 1. The van der Waals surface area contributed by atoms with Gasteiger partial charge in [0.15, 0.2) is 0 Å². The summed E-state index contributed by atoms with van der Waals surface area (Å²) in [5.41, 5.74) is 0.566. The van der Waals surface area contributed by atoms with Crippen LogP contribution in [-0.4, -0.2) is 18.2 Å². The summed E-state index contributed by atoms with van der Waals surface area (Å²) in [6, 6.07) is 10.9. The Morgan fingerprint density at radius 1 is 0.833 bits per heavy atom. The fourth-order valence-electron chi connectivity index (χ4n) is 2.75. The van der Waals surface area contributed by atoms with Crippen LogP contribution in [0.15, 0.2) is 49.2 Å². The molecule has 0 unspecified atom stereocenters. The number of ether oxygens (including phenoxy) is 4. The van der Waals surface area contributed by atoms with E-state index in [4.69, 9.17) is 18.9 Å². The molecular formula is C25H32O5. The van der Waals surface area contributed by atoms with Gasteiger partial charge in [-0.2, -0.15) is 0 Å². The van der Waals surface area contributed by atoms with Crippen molar-refractivity contribution >= 4 is 5.97 Å². The van der Waals surface area contributed by atoms with Crippen molar-refractivity contribution in [1.29, 1.82) is 0 Å². The minimum Gasteiger partial charge on any atom is -0.490 e. The largest absolute Gasteiger partial charge is 0.490 e. The van der Waals surface area contributed by atoms with Gasteiger partial charge in [0.05, 0.1) is 35.0 Å². The number of rotatable bonds is 8. The molecule has 30 heavy (non-hydrogen) atoms. The molecule has 0 spiro atoms. The molecule has 0 heterocycles. The maximum atomic E-state index is 12.7. The topological polar surface area (TPSA) is 54.0 Å². The predicted octanol–water partition coefficient (Wildman–Crippen LogP) is 6.40. The highest BCUT2D eigenvalue weighted by Gasteiger charge is 2.28. The minimum absolute atomic E-state index is 0.0681. The van der Waals surface area contributed by atoms with Crippen LogP contribution in [0.4, 0.5) is 0 Å². The first-order valence-corrected chi connectivity index (χ1v) is 10.1. The van der Waals surface area contributed by atoms with E-state index < -0.39 is 5.41 Å². The van der Waals surface area contributed by atoms with Crippen molar-refractivity contribution in [2.75, 3.05) is 0 Å². The molecular weight excluding hydrogens is 380 g/mol. The molecule has 0 fully saturated rings. The van der Waals surface area contributed by atoms with E-state index in [2.05, 4.69) is 6.58 Å². The zero-order chi connectivity index (χ0) is 22.5. The summed E-state index contributed by atoms with van der Waals surface area (Å²) in [7, 11) is 0. The second-order valence-electron chi connectivity index (χ2n) is 8.52. The summed E-state index contributed by atoms with van der Waals surface area (Å²) < 4.78 is 23.6. The van der Waals surface area contributed by atoms with E-state index in [0.29, 0.717) is 34.1 Å². The molecule has 162 valence electrons. The smallest absolute Gasteiger partial charge is 0.316 e. The van der Waals surface area contributed by atoms with Crippen molar-refractivity contribution in [3.63, 3.8) is 0 Å². The molecule has 0 aromatic heterocycles. The van der Waals surface area contributed by atoms with Crippen LogP contribution < -0.4 is 18.9 Å². The van der Waals surface area contributed by atoms with Gasteiger partial charge < -0.3 is 18.9 Å². The van der Waals surface area contributed by atoms with Crippen LogP contribution in [0.3, 0.4) is 0 Å². The first-order valence-electron chi connectivity index (χ1n) is 10.1. The lowest BCUT2D eigenvalue weighted by atomic mass is 9.97. The van der Waals surface area contributed by atoms with Gasteiger partial charge in [0.2, 0.25) is 0 Å². The van der Waals surface area contributed by atoms with Gasteiger partial charge in [-0.25, -0.2) is 0 Å². The molecule has 0 amide bonds. The van der Waals surface area contributed by atoms with Crippen LogP contribution in [0.2, 0.25) is 0 Å². The molecule has 0 aliphatic rings. The second-order valence-corrected chi connectivity index (χ2v) is 8.52. The van der Waals surface area contributed by atoms with Crippen molar-refractivity contribution in [3.05, 3.63) is 49.2 Å². The Labute approximate surface area is 179 Å². The zero-order valence-corrected chi connectivity index (χ0v) is 18.9. The Morgan fingerprint density at radius 3 is 1.70 bits per heavy atom. The molecule has 5 heteroatoms. The van der Waals surface area contributed by atoms with Crippen LogP contribution in [0.1, 0.15) is 48.5 Å². The van der Waals surface area contributed by atoms with Gasteiger partial charge in [-0.05, 0) is 72.7 Å². The third-order valence-electron chi connectivity index (χ3n) is 3.98. The number of benzene rings is 2. The van der Waals surface area contributed by atoms with Crippen molar-refractivity contribution in [3.8, 4) is 34.1 Å². The standard InChI is InChI=1S/C25H32O5/c1-9-27-18-12-10-13-19(28-16(2)3)22(18)23-20(29-17(4)5)14-11-15-21(23)30-24(26)25(6,7)8/h9-17H,1H2,2-8H3. The molecule has 0 N–H and O–H groups in total.